The largest absolute Gasteiger partial charge is 0.465 e. The average Bonchev–Trinajstić information content (AvgIpc) is 2.73. The van der Waals surface area contributed by atoms with Crippen LogP contribution >= 0.6 is 11.6 Å². The van der Waals surface area contributed by atoms with Crippen molar-refractivity contribution in [2.24, 2.45) is 5.92 Å². The molecule has 0 radical (unpaired) electrons. The summed E-state index contributed by atoms with van der Waals surface area (Å²) in [6.07, 6.45) is 4.27. The van der Waals surface area contributed by atoms with Crippen molar-refractivity contribution in [3.8, 4) is 0 Å². The van der Waals surface area contributed by atoms with E-state index in [1.165, 1.54) is 10.7 Å². The first-order chi connectivity index (χ1) is 9.80. The number of rotatable bonds is 4. The van der Waals surface area contributed by atoms with Crippen LogP contribution in [0.25, 0.3) is 0 Å². The molecule has 0 spiro atoms. The zero-order valence-corrected chi connectivity index (χ0v) is 14.7. The third-order valence-electron chi connectivity index (χ3n) is 4.63. The van der Waals surface area contributed by atoms with Crippen LogP contribution in [0.15, 0.2) is 9.31 Å². The molecule has 1 aliphatic rings. The van der Waals surface area contributed by atoms with E-state index < -0.39 is 10.0 Å². The van der Waals surface area contributed by atoms with E-state index in [1.807, 2.05) is 0 Å². The minimum absolute atomic E-state index is 0.0570. The minimum Gasteiger partial charge on any atom is -0.465 e. The van der Waals surface area contributed by atoms with Gasteiger partial charge in [0.05, 0.1) is 5.88 Å². The fraction of sp³-hybridized carbons (Fsp3) is 0.733. The molecule has 120 valence electrons. The summed E-state index contributed by atoms with van der Waals surface area (Å²) in [5.41, 5.74) is 0.587. The van der Waals surface area contributed by atoms with Crippen LogP contribution in [0.3, 0.4) is 0 Å². The molecule has 4 nitrogen and oxygen atoms in total. The van der Waals surface area contributed by atoms with E-state index in [1.54, 1.807) is 20.9 Å². The van der Waals surface area contributed by atoms with E-state index in [-0.39, 0.29) is 16.8 Å². The summed E-state index contributed by atoms with van der Waals surface area (Å²) in [5.74, 6) is 1.54. The molecule has 1 saturated carbocycles. The van der Waals surface area contributed by atoms with E-state index in [9.17, 15) is 8.42 Å². The highest BCUT2D eigenvalue weighted by Gasteiger charge is 2.36. The smallest absolute Gasteiger partial charge is 0.246 e. The van der Waals surface area contributed by atoms with Gasteiger partial charge in [0, 0.05) is 18.7 Å². The Bertz CT molecular complexity index is 609. The molecule has 6 heteroatoms. The minimum atomic E-state index is -3.57. The van der Waals surface area contributed by atoms with Gasteiger partial charge >= 0.3 is 0 Å². The predicted molar refractivity (Wildman–Crippen MR) is 84.1 cm³/mol. The zero-order chi connectivity index (χ0) is 15.8. The number of furan rings is 1. The van der Waals surface area contributed by atoms with Crippen molar-refractivity contribution in [2.75, 3.05) is 7.05 Å². The highest BCUT2D eigenvalue weighted by molar-refractivity contribution is 7.89. The van der Waals surface area contributed by atoms with Gasteiger partial charge in [0.15, 0.2) is 0 Å². The molecule has 0 amide bonds. The molecule has 21 heavy (non-hydrogen) atoms. The molecule has 2 unspecified atom stereocenters. The third-order valence-corrected chi connectivity index (χ3v) is 6.98. The Labute approximate surface area is 132 Å². The van der Waals surface area contributed by atoms with Gasteiger partial charge in [-0.3, -0.25) is 0 Å². The van der Waals surface area contributed by atoms with Gasteiger partial charge in [-0.25, -0.2) is 8.42 Å². The summed E-state index contributed by atoms with van der Waals surface area (Å²) in [6, 6.07) is 0.0570. The first-order valence-corrected chi connectivity index (χ1v) is 9.41. The van der Waals surface area contributed by atoms with Crippen LogP contribution in [-0.4, -0.2) is 25.8 Å². The number of aryl methyl sites for hydroxylation is 2. The van der Waals surface area contributed by atoms with Crippen LogP contribution in [0.1, 0.15) is 49.7 Å². The Hall–Kier alpha value is -0.520. The number of hydrogen-bond donors (Lipinski definition) is 0. The van der Waals surface area contributed by atoms with Crippen molar-refractivity contribution >= 4 is 21.6 Å². The van der Waals surface area contributed by atoms with Gasteiger partial charge in [0.25, 0.3) is 0 Å². The quantitative estimate of drug-likeness (QED) is 0.787. The molecular weight excluding hydrogens is 310 g/mol. The summed E-state index contributed by atoms with van der Waals surface area (Å²) in [5, 5.41) is 0. The van der Waals surface area contributed by atoms with Gasteiger partial charge in [-0.05, 0) is 32.6 Å². The lowest BCUT2D eigenvalue weighted by molar-refractivity contribution is 0.213. The molecule has 0 aromatic carbocycles. The maximum atomic E-state index is 13.0. The molecule has 1 aliphatic carbocycles. The van der Waals surface area contributed by atoms with Crippen molar-refractivity contribution in [2.45, 2.75) is 63.3 Å². The van der Waals surface area contributed by atoms with Gasteiger partial charge in [0.2, 0.25) is 10.0 Å². The molecule has 1 fully saturated rings. The second-order valence-electron chi connectivity index (χ2n) is 6.01. The number of halogens is 1. The van der Waals surface area contributed by atoms with Crippen molar-refractivity contribution in [3.63, 3.8) is 0 Å². The first-order valence-electron chi connectivity index (χ1n) is 7.43. The molecule has 0 bridgehead atoms. The Morgan fingerprint density at radius 2 is 1.86 bits per heavy atom. The lowest BCUT2D eigenvalue weighted by Crippen LogP contribution is -2.42. The van der Waals surface area contributed by atoms with Crippen LogP contribution in [-0.2, 0) is 15.9 Å². The second kappa shape index (κ2) is 6.31. The molecular formula is C15H24ClNO3S. The van der Waals surface area contributed by atoms with Gasteiger partial charge < -0.3 is 4.42 Å². The Kier molecular flexibility index (Phi) is 5.06. The summed E-state index contributed by atoms with van der Waals surface area (Å²) in [6.45, 7) is 5.58. The summed E-state index contributed by atoms with van der Waals surface area (Å²) < 4.78 is 33.0. The van der Waals surface area contributed by atoms with Crippen LogP contribution < -0.4 is 0 Å². The second-order valence-corrected chi connectivity index (χ2v) is 8.21. The van der Waals surface area contributed by atoms with Crippen molar-refractivity contribution in [1.29, 1.82) is 0 Å². The molecule has 2 atom stereocenters. The van der Waals surface area contributed by atoms with Crippen LogP contribution in [0.5, 0.6) is 0 Å². The standard InChI is InChI=1S/C15H24ClNO3S/c1-10-7-5-6-8-14(10)17(4)21(18,19)15-12(3)20-11(2)13(15)9-16/h10,14H,5-9H2,1-4H3. The maximum Gasteiger partial charge on any atom is 0.246 e. The fourth-order valence-corrected chi connectivity index (χ4v) is 5.65. The SMILES string of the molecule is Cc1oc(C)c(S(=O)(=O)N(C)C2CCCCC2C)c1CCl. The third kappa shape index (κ3) is 3.01. The van der Waals surface area contributed by atoms with Crippen LogP contribution in [0, 0.1) is 19.8 Å². The highest BCUT2D eigenvalue weighted by atomic mass is 35.5. The van der Waals surface area contributed by atoms with Gasteiger partial charge in [0.1, 0.15) is 16.4 Å². The predicted octanol–water partition coefficient (Wildman–Crippen LogP) is 3.83. The molecule has 0 aliphatic heterocycles. The number of alkyl halides is 1. The van der Waals surface area contributed by atoms with Gasteiger partial charge in [-0.1, -0.05) is 19.8 Å². The van der Waals surface area contributed by atoms with Gasteiger partial charge in [-0.15, -0.1) is 11.6 Å². The van der Waals surface area contributed by atoms with E-state index in [0.29, 0.717) is 23.0 Å². The number of nitrogens with zero attached hydrogens (tertiary/aromatic N) is 1. The summed E-state index contributed by atoms with van der Waals surface area (Å²) in [7, 11) is -1.89. The molecule has 0 N–H and O–H groups in total. The normalized spacial score (nSPS) is 23.7. The fourth-order valence-electron chi connectivity index (χ4n) is 3.36. The lowest BCUT2D eigenvalue weighted by Gasteiger charge is -2.35. The summed E-state index contributed by atoms with van der Waals surface area (Å²) in [4.78, 5) is 0.260. The van der Waals surface area contributed by atoms with Crippen molar-refractivity contribution in [3.05, 3.63) is 17.1 Å². The van der Waals surface area contributed by atoms with E-state index in [4.69, 9.17) is 16.0 Å². The first kappa shape index (κ1) is 16.8. The molecule has 0 saturated heterocycles. The topological polar surface area (TPSA) is 50.5 Å². The number of sulfonamides is 1. The summed E-state index contributed by atoms with van der Waals surface area (Å²) >= 11 is 5.93. The Morgan fingerprint density at radius 3 is 2.43 bits per heavy atom. The molecule has 1 aromatic heterocycles. The van der Waals surface area contributed by atoms with E-state index >= 15 is 0 Å². The average molecular weight is 334 g/mol. The maximum absolute atomic E-state index is 13.0. The van der Waals surface area contributed by atoms with E-state index in [0.717, 1.165) is 19.3 Å². The number of hydrogen-bond acceptors (Lipinski definition) is 3. The van der Waals surface area contributed by atoms with E-state index in [2.05, 4.69) is 6.92 Å². The monoisotopic (exact) mass is 333 g/mol. The Balaban J connectivity index is 2.42. The lowest BCUT2D eigenvalue weighted by atomic mass is 9.86. The Morgan fingerprint density at radius 1 is 1.24 bits per heavy atom. The van der Waals surface area contributed by atoms with Crippen LogP contribution in [0.2, 0.25) is 0 Å². The van der Waals surface area contributed by atoms with Crippen molar-refractivity contribution in [1.82, 2.24) is 4.31 Å². The highest BCUT2D eigenvalue weighted by Crippen LogP contribution is 2.34. The van der Waals surface area contributed by atoms with Gasteiger partial charge in [-0.2, -0.15) is 4.31 Å². The van der Waals surface area contributed by atoms with Crippen LogP contribution in [0.4, 0.5) is 0 Å². The molecule has 1 heterocycles. The molecule has 1 aromatic rings. The molecule has 2 rings (SSSR count). The van der Waals surface area contributed by atoms with Crippen molar-refractivity contribution < 1.29 is 12.8 Å². The zero-order valence-electron chi connectivity index (χ0n) is 13.1.